The van der Waals surface area contributed by atoms with Crippen molar-refractivity contribution in [1.82, 2.24) is 20.2 Å². The summed E-state index contributed by atoms with van der Waals surface area (Å²) in [7, 11) is 1.62. The molecule has 0 spiro atoms. The van der Waals surface area contributed by atoms with Gasteiger partial charge in [-0.1, -0.05) is 6.07 Å². The van der Waals surface area contributed by atoms with Crippen LogP contribution in [0.4, 0.5) is 19.1 Å². The lowest BCUT2D eigenvalue weighted by Crippen LogP contribution is -2.52. The Morgan fingerprint density at radius 2 is 1.89 bits per heavy atom. The van der Waals surface area contributed by atoms with E-state index in [1.165, 1.54) is 18.2 Å². The summed E-state index contributed by atoms with van der Waals surface area (Å²) in [5.41, 5.74) is 0.0280. The Labute approximate surface area is 160 Å². The first-order valence-electron chi connectivity index (χ1n) is 8.78. The number of aromatic nitrogens is 2. The first-order valence-corrected chi connectivity index (χ1v) is 8.78. The van der Waals surface area contributed by atoms with E-state index in [0.29, 0.717) is 38.1 Å². The van der Waals surface area contributed by atoms with E-state index < -0.39 is 12.4 Å². The normalized spacial score (nSPS) is 15.1. The molecule has 7 nitrogen and oxygen atoms in total. The molecule has 3 rings (SSSR count). The van der Waals surface area contributed by atoms with Crippen LogP contribution in [0.3, 0.4) is 0 Å². The summed E-state index contributed by atoms with van der Waals surface area (Å²) >= 11 is 0. The number of alkyl halides is 2. The number of halogens is 3. The van der Waals surface area contributed by atoms with Gasteiger partial charge >= 0.3 is 6.61 Å². The SMILES string of the molecule is CN=C(NCc1c(F)cccc1OC(F)F)N1CCN(c2ncccn2)CC1. The highest BCUT2D eigenvalue weighted by Crippen LogP contribution is 2.23. The standard InChI is InChI=1S/C18H21F3N6O/c1-22-17(25-12-13-14(19)4-2-5-15(13)28-16(20)21)26-8-10-27(11-9-26)18-23-6-3-7-24-18/h2-7,16H,8-12H2,1H3,(H,22,25). The van der Waals surface area contributed by atoms with Crippen molar-refractivity contribution >= 4 is 11.9 Å². The third kappa shape index (κ3) is 4.81. The molecule has 1 N–H and O–H groups in total. The highest BCUT2D eigenvalue weighted by atomic mass is 19.3. The second kappa shape index (κ2) is 9.25. The topological polar surface area (TPSA) is 65.9 Å². The molecule has 1 aromatic heterocycles. The highest BCUT2D eigenvalue weighted by molar-refractivity contribution is 5.80. The molecule has 2 heterocycles. The van der Waals surface area contributed by atoms with E-state index in [0.717, 1.165) is 0 Å². The highest BCUT2D eigenvalue weighted by Gasteiger charge is 2.22. The largest absolute Gasteiger partial charge is 0.434 e. The molecule has 1 aliphatic heterocycles. The Morgan fingerprint density at radius 3 is 2.54 bits per heavy atom. The van der Waals surface area contributed by atoms with Gasteiger partial charge in [-0.15, -0.1) is 0 Å². The fourth-order valence-electron chi connectivity index (χ4n) is 2.99. The van der Waals surface area contributed by atoms with Crippen LogP contribution < -0.4 is 15.0 Å². The van der Waals surface area contributed by atoms with Crippen LogP contribution in [0, 0.1) is 5.82 Å². The summed E-state index contributed by atoms with van der Waals surface area (Å²) in [5, 5.41) is 3.03. The van der Waals surface area contributed by atoms with Crippen LogP contribution in [0.1, 0.15) is 5.56 Å². The van der Waals surface area contributed by atoms with Gasteiger partial charge in [-0.25, -0.2) is 14.4 Å². The predicted molar refractivity (Wildman–Crippen MR) is 99.0 cm³/mol. The lowest BCUT2D eigenvalue weighted by molar-refractivity contribution is -0.0506. The number of anilines is 1. The van der Waals surface area contributed by atoms with E-state index in [4.69, 9.17) is 0 Å². The number of nitrogens with zero attached hydrogens (tertiary/aromatic N) is 5. The Bertz CT molecular complexity index is 797. The van der Waals surface area contributed by atoms with Crippen LogP contribution in [0.2, 0.25) is 0 Å². The van der Waals surface area contributed by atoms with E-state index >= 15 is 0 Å². The number of piperazine rings is 1. The summed E-state index contributed by atoms with van der Waals surface area (Å²) in [6.07, 6.45) is 3.39. The summed E-state index contributed by atoms with van der Waals surface area (Å²) in [6.45, 7) is -0.323. The Kier molecular flexibility index (Phi) is 6.51. The van der Waals surface area contributed by atoms with E-state index in [9.17, 15) is 13.2 Å². The van der Waals surface area contributed by atoms with Gasteiger partial charge in [0.2, 0.25) is 5.95 Å². The molecular weight excluding hydrogens is 373 g/mol. The fraction of sp³-hybridized carbons (Fsp3) is 0.389. The zero-order chi connectivity index (χ0) is 19.9. The molecule has 0 radical (unpaired) electrons. The fourth-order valence-corrected chi connectivity index (χ4v) is 2.99. The van der Waals surface area contributed by atoms with Crippen molar-refractivity contribution in [3.05, 3.63) is 48.0 Å². The number of benzene rings is 1. The number of aliphatic imine (C=N–C) groups is 1. The van der Waals surface area contributed by atoms with Crippen molar-refractivity contribution in [1.29, 1.82) is 0 Å². The van der Waals surface area contributed by atoms with Gasteiger partial charge in [-0.3, -0.25) is 4.99 Å². The minimum Gasteiger partial charge on any atom is -0.434 e. The molecule has 10 heteroatoms. The molecular formula is C18H21F3N6O. The average Bonchev–Trinajstić information content (AvgIpc) is 2.71. The molecule has 150 valence electrons. The monoisotopic (exact) mass is 394 g/mol. The number of hydrogen-bond donors (Lipinski definition) is 1. The zero-order valence-electron chi connectivity index (χ0n) is 15.4. The van der Waals surface area contributed by atoms with Crippen LogP contribution in [-0.2, 0) is 6.54 Å². The number of hydrogen-bond acceptors (Lipinski definition) is 5. The Balaban J connectivity index is 1.60. The minimum atomic E-state index is -3.02. The van der Waals surface area contributed by atoms with Crippen molar-refractivity contribution in [2.45, 2.75) is 13.2 Å². The zero-order valence-corrected chi connectivity index (χ0v) is 15.4. The maximum atomic E-state index is 14.1. The van der Waals surface area contributed by atoms with Gasteiger partial charge in [-0.2, -0.15) is 8.78 Å². The first kappa shape index (κ1) is 19.7. The van der Waals surface area contributed by atoms with Crippen LogP contribution in [0.5, 0.6) is 5.75 Å². The van der Waals surface area contributed by atoms with E-state index in [-0.39, 0.29) is 17.9 Å². The lowest BCUT2D eigenvalue weighted by Gasteiger charge is -2.36. The molecule has 0 aliphatic carbocycles. The molecule has 0 saturated carbocycles. The van der Waals surface area contributed by atoms with Gasteiger partial charge < -0.3 is 19.9 Å². The third-order valence-corrected chi connectivity index (χ3v) is 4.34. The lowest BCUT2D eigenvalue weighted by atomic mass is 10.2. The Hall–Kier alpha value is -3.04. The molecule has 0 amide bonds. The number of nitrogens with one attached hydrogen (secondary N) is 1. The second-order valence-electron chi connectivity index (χ2n) is 6.02. The quantitative estimate of drug-likeness (QED) is 0.619. The summed E-state index contributed by atoms with van der Waals surface area (Å²) < 4.78 is 43.6. The van der Waals surface area contributed by atoms with Crippen molar-refractivity contribution < 1.29 is 17.9 Å². The van der Waals surface area contributed by atoms with Crippen LogP contribution in [0.15, 0.2) is 41.7 Å². The van der Waals surface area contributed by atoms with Crippen molar-refractivity contribution in [2.75, 3.05) is 38.1 Å². The van der Waals surface area contributed by atoms with Gasteiger partial charge in [0.05, 0.1) is 0 Å². The van der Waals surface area contributed by atoms with Crippen molar-refractivity contribution in [3.63, 3.8) is 0 Å². The smallest absolute Gasteiger partial charge is 0.387 e. The number of rotatable bonds is 5. The maximum absolute atomic E-state index is 14.1. The average molecular weight is 394 g/mol. The van der Waals surface area contributed by atoms with Crippen LogP contribution >= 0.6 is 0 Å². The molecule has 1 saturated heterocycles. The third-order valence-electron chi connectivity index (χ3n) is 4.34. The van der Waals surface area contributed by atoms with Gasteiger partial charge in [0, 0.05) is 57.7 Å². The molecule has 1 fully saturated rings. The van der Waals surface area contributed by atoms with E-state index in [2.05, 4.69) is 29.9 Å². The number of ether oxygens (including phenoxy) is 1. The molecule has 1 aromatic carbocycles. The molecule has 0 bridgehead atoms. The summed E-state index contributed by atoms with van der Waals surface area (Å²) in [4.78, 5) is 16.8. The van der Waals surface area contributed by atoms with E-state index in [1.54, 1.807) is 25.5 Å². The first-order chi connectivity index (χ1) is 13.6. The molecule has 0 unspecified atom stereocenters. The summed E-state index contributed by atoms with van der Waals surface area (Å²) in [5.74, 6) is 0.418. The molecule has 1 aliphatic rings. The van der Waals surface area contributed by atoms with Crippen molar-refractivity contribution in [2.24, 2.45) is 4.99 Å². The van der Waals surface area contributed by atoms with Crippen molar-refractivity contribution in [3.8, 4) is 5.75 Å². The van der Waals surface area contributed by atoms with E-state index in [1.807, 2.05) is 4.90 Å². The molecule has 28 heavy (non-hydrogen) atoms. The van der Waals surface area contributed by atoms with Gasteiger partial charge in [0.15, 0.2) is 5.96 Å². The predicted octanol–water partition coefficient (Wildman–Crippen LogP) is 2.11. The van der Waals surface area contributed by atoms with Crippen LogP contribution in [0.25, 0.3) is 0 Å². The van der Waals surface area contributed by atoms with Crippen LogP contribution in [-0.4, -0.2) is 60.7 Å². The minimum absolute atomic E-state index is 0.0244. The van der Waals surface area contributed by atoms with Gasteiger partial charge in [0.1, 0.15) is 11.6 Å². The van der Waals surface area contributed by atoms with Gasteiger partial charge in [0.25, 0.3) is 0 Å². The number of guanidine groups is 1. The van der Waals surface area contributed by atoms with Gasteiger partial charge in [-0.05, 0) is 18.2 Å². The molecule has 2 aromatic rings. The maximum Gasteiger partial charge on any atom is 0.387 e. The summed E-state index contributed by atoms with van der Waals surface area (Å²) in [6, 6.07) is 5.61. The molecule has 0 atom stereocenters. The second-order valence-corrected chi connectivity index (χ2v) is 6.02. The Morgan fingerprint density at radius 1 is 1.18 bits per heavy atom.